The topological polar surface area (TPSA) is 90.7 Å². The molecule has 0 radical (unpaired) electrons. The van der Waals surface area contributed by atoms with Crippen molar-refractivity contribution >= 4 is 11.9 Å². The SMILES string of the molecule is CCCC(N=C(N)N)C(=O)OC(C)C. The lowest BCUT2D eigenvalue weighted by atomic mass is 10.2. The number of nitrogens with two attached hydrogens (primary N) is 2. The van der Waals surface area contributed by atoms with Crippen LogP contribution in [0.25, 0.3) is 0 Å². The van der Waals surface area contributed by atoms with E-state index < -0.39 is 6.04 Å². The molecular weight excluding hydrogens is 182 g/mol. The average molecular weight is 201 g/mol. The minimum atomic E-state index is -0.563. The molecule has 0 saturated heterocycles. The fraction of sp³-hybridized carbons (Fsp3) is 0.778. The van der Waals surface area contributed by atoms with Crippen LogP contribution < -0.4 is 11.5 Å². The van der Waals surface area contributed by atoms with Crippen molar-refractivity contribution < 1.29 is 9.53 Å². The van der Waals surface area contributed by atoms with Crippen LogP contribution in [0.2, 0.25) is 0 Å². The summed E-state index contributed by atoms with van der Waals surface area (Å²) >= 11 is 0. The molecule has 0 amide bonds. The summed E-state index contributed by atoms with van der Waals surface area (Å²) in [7, 11) is 0. The number of esters is 1. The van der Waals surface area contributed by atoms with Gasteiger partial charge in [0, 0.05) is 0 Å². The number of aliphatic imine (C=N–C) groups is 1. The summed E-state index contributed by atoms with van der Waals surface area (Å²) in [5.41, 5.74) is 10.4. The quantitative estimate of drug-likeness (QED) is 0.382. The molecule has 0 aliphatic heterocycles. The van der Waals surface area contributed by atoms with Gasteiger partial charge in [-0.3, -0.25) is 0 Å². The fourth-order valence-electron chi connectivity index (χ4n) is 0.999. The number of nitrogens with zero attached hydrogens (tertiary/aromatic N) is 1. The average Bonchev–Trinajstić information content (AvgIpc) is 2.01. The zero-order valence-electron chi connectivity index (χ0n) is 8.99. The molecule has 1 atom stereocenters. The molecule has 14 heavy (non-hydrogen) atoms. The van der Waals surface area contributed by atoms with Crippen LogP contribution in [0.5, 0.6) is 0 Å². The van der Waals surface area contributed by atoms with E-state index in [2.05, 4.69) is 4.99 Å². The van der Waals surface area contributed by atoms with Crippen LogP contribution in [-0.2, 0) is 9.53 Å². The molecule has 0 heterocycles. The summed E-state index contributed by atoms with van der Waals surface area (Å²) in [6.07, 6.45) is 1.29. The Morgan fingerprint density at radius 3 is 2.36 bits per heavy atom. The Morgan fingerprint density at radius 1 is 1.43 bits per heavy atom. The first-order valence-electron chi connectivity index (χ1n) is 4.76. The zero-order valence-corrected chi connectivity index (χ0v) is 8.99. The molecule has 0 aromatic carbocycles. The van der Waals surface area contributed by atoms with Gasteiger partial charge in [-0.05, 0) is 20.3 Å². The van der Waals surface area contributed by atoms with Gasteiger partial charge in [-0.1, -0.05) is 13.3 Å². The lowest BCUT2D eigenvalue weighted by molar-refractivity contribution is -0.149. The van der Waals surface area contributed by atoms with Gasteiger partial charge in [0.25, 0.3) is 0 Å². The van der Waals surface area contributed by atoms with Crippen molar-refractivity contribution in [2.75, 3.05) is 0 Å². The number of carbonyl (C=O) groups is 1. The maximum Gasteiger partial charge on any atom is 0.331 e. The van der Waals surface area contributed by atoms with Gasteiger partial charge in [0.2, 0.25) is 0 Å². The highest BCUT2D eigenvalue weighted by Gasteiger charge is 2.19. The van der Waals surface area contributed by atoms with Gasteiger partial charge >= 0.3 is 5.97 Å². The van der Waals surface area contributed by atoms with E-state index in [-0.39, 0.29) is 18.0 Å². The summed E-state index contributed by atoms with van der Waals surface area (Å²) in [6, 6.07) is -0.563. The van der Waals surface area contributed by atoms with Crippen molar-refractivity contribution in [2.24, 2.45) is 16.5 Å². The van der Waals surface area contributed by atoms with Gasteiger partial charge in [0.05, 0.1) is 6.10 Å². The van der Waals surface area contributed by atoms with E-state index in [4.69, 9.17) is 16.2 Å². The Bertz CT molecular complexity index is 210. The first kappa shape index (κ1) is 12.7. The van der Waals surface area contributed by atoms with Gasteiger partial charge < -0.3 is 16.2 Å². The second-order valence-electron chi connectivity index (χ2n) is 3.34. The van der Waals surface area contributed by atoms with Crippen LogP contribution in [-0.4, -0.2) is 24.1 Å². The highest BCUT2D eigenvalue weighted by atomic mass is 16.5. The Kier molecular flexibility index (Phi) is 5.67. The highest BCUT2D eigenvalue weighted by molar-refractivity contribution is 5.82. The predicted molar refractivity (Wildman–Crippen MR) is 55.7 cm³/mol. The van der Waals surface area contributed by atoms with Crippen LogP contribution >= 0.6 is 0 Å². The van der Waals surface area contributed by atoms with Gasteiger partial charge in [-0.25, -0.2) is 9.79 Å². The van der Waals surface area contributed by atoms with Crippen LogP contribution in [0.15, 0.2) is 4.99 Å². The van der Waals surface area contributed by atoms with E-state index in [1.165, 1.54) is 0 Å². The molecule has 1 unspecified atom stereocenters. The van der Waals surface area contributed by atoms with Crippen molar-refractivity contribution in [3.63, 3.8) is 0 Å². The smallest absolute Gasteiger partial charge is 0.331 e. The van der Waals surface area contributed by atoms with Gasteiger partial charge in [-0.15, -0.1) is 0 Å². The van der Waals surface area contributed by atoms with Crippen molar-refractivity contribution in [1.82, 2.24) is 0 Å². The van der Waals surface area contributed by atoms with Crippen molar-refractivity contribution in [3.8, 4) is 0 Å². The fourth-order valence-corrected chi connectivity index (χ4v) is 0.999. The van der Waals surface area contributed by atoms with Crippen LogP contribution in [0.1, 0.15) is 33.6 Å². The number of hydrogen-bond acceptors (Lipinski definition) is 3. The van der Waals surface area contributed by atoms with Crippen LogP contribution in [0, 0.1) is 0 Å². The molecule has 5 heteroatoms. The molecule has 0 aromatic heterocycles. The molecule has 4 N–H and O–H groups in total. The first-order chi connectivity index (χ1) is 6.47. The van der Waals surface area contributed by atoms with Crippen LogP contribution in [0.4, 0.5) is 0 Å². The largest absolute Gasteiger partial charge is 0.461 e. The Hall–Kier alpha value is -1.26. The molecule has 0 aliphatic rings. The molecule has 0 aromatic rings. The number of hydrogen-bond donors (Lipinski definition) is 2. The minimum Gasteiger partial charge on any atom is -0.461 e. The Morgan fingerprint density at radius 2 is 2.00 bits per heavy atom. The van der Waals surface area contributed by atoms with Gasteiger partial charge in [-0.2, -0.15) is 0 Å². The first-order valence-corrected chi connectivity index (χ1v) is 4.76. The zero-order chi connectivity index (χ0) is 11.1. The van der Waals surface area contributed by atoms with Crippen molar-refractivity contribution in [3.05, 3.63) is 0 Å². The summed E-state index contributed by atoms with van der Waals surface area (Å²) in [6.45, 7) is 5.53. The number of carbonyl (C=O) groups excluding carboxylic acids is 1. The minimum absolute atomic E-state index is 0.0795. The molecule has 0 saturated carbocycles. The van der Waals surface area contributed by atoms with E-state index in [0.717, 1.165) is 6.42 Å². The van der Waals surface area contributed by atoms with E-state index in [9.17, 15) is 4.79 Å². The summed E-state index contributed by atoms with van der Waals surface area (Å²) < 4.78 is 5.01. The molecule has 0 aliphatic carbocycles. The highest BCUT2D eigenvalue weighted by Crippen LogP contribution is 2.05. The molecule has 5 nitrogen and oxygen atoms in total. The molecule has 0 rings (SSSR count). The van der Waals surface area contributed by atoms with Gasteiger partial charge in [0.15, 0.2) is 12.0 Å². The molecule has 0 fully saturated rings. The maximum absolute atomic E-state index is 11.4. The third-order valence-corrected chi connectivity index (χ3v) is 1.49. The maximum atomic E-state index is 11.4. The second-order valence-corrected chi connectivity index (χ2v) is 3.34. The van der Waals surface area contributed by atoms with Crippen molar-refractivity contribution in [2.45, 2.75) is 45.8 Å². The van der Waals surface area contributed by atoms with E-state index in [1.807, 2.05) is 6.92 Å². The Balaban J connectivity index is 4.33. The third kappa shape index (κ3) is 5.40. The van der Waals surface area contributed by atoms with E-state index in [0.29, 0.717) is 6.42 Å². The van der Waals surface area contributed by atoms with E-state index >= 15 is 0 Å². The standard InChI is InChI=1S/C9H19N3O2/c1-4-5-7(12-9(10)11)8(13)14-6(2)3/h6-7H,4-5H2,1-3H3,(H4,10,11,12). The second kappa shape index (κ2) is 6.23. The summed E-state index contributed by atoms with van der Waals surface area (Å²) in [4.78, 5) is 15.3. The van der Waals surface area contributed by atoms with Gasteiger partial charge in [0.1, 0.15) is 0 Å². The molecule has 82 valence electrons. The number of guanidine groups is 1. The normalized spacial score (nSPS) is 12.3. The van der Waals surface area contributed by atoms with Crippen LogP contribution in [0.3, 0.4) is 0 Å². The number of ether oxygens (including phenoxy) is 1. The van der Waals surface area contributed by atoms with E-state index in [1.54, 1.807) is 13.8 Å². The predicted octanol–water partition coefficient (Wildman–Crippen LogP) is 0.380. The lowest BCUT2D eigenvalue weighted by Gasteiger charge is -2.13. The summed E-state index contributed by atoms with van der Waals surface area (Å²) in [5.74, 6) is -0.445. The molecule has 0 bridgehead atoms. The van der Waals surface area contributed by atoms with Crippen molar-refractivity contribution in [1.29, 1.82) is 0 Å². The number of rotatable bonds is 5. The lowest BCUT2D eigenvalue weighted by Crippen LogP contribution is -2.31. The Labute approximate surface area is 84.5 Å². The third-order valence-electron chi connectivity index (χ3n) is 1.49. The monoisotopic (exact) mass is 201 g/mol. The molecule has 0 spiro atoms. The molecular formula is C9H19N3O2. The summed E-state index contributed by atoms with van der Waals surface area (Å²) in [5, 5.41) is 0.